The fraction of sp³-hybridized carbons (Fsp3) is 0.833. The van der Waals surface area contributed by atoms with Crippen LogP contribution in [0.1, 0.15) is 51.9 Å². The average molecular weight is 324 g/mol. The molecule has 1 aliphatic heterocycles. The van der Waals surface area contributed by atoms with Crippen LogP contribution in [0.25, 0.3) is 0 Å². The lowest BCUT2D eigenvalue weighted by Crippen LogP contribution is -2.47. The maximum absolute atomic E-state index is 12.8. The third-order valence-corrected chi connectivity index (χ3v) is 5.13. The molecule has 5 nitrogen and oxygen atoms in total. The molecule has 0 aromatic heterocycles. The SMILES string of the molecule is C=CCN1OC(CO)C(CCC)C1C(=O)NCC1CCCCC1. The van der Waals surface area contributed by atoms with Crippen LogP contribution in [-0.4, -0.2) is 47.9 Å². The first-order valence-corrected chi connectivity index (χ1v) is 9.14. The summed E-state index contributed by atoms with van der Waals surface area (Å²) in [6, 6.07) is -0.325. The molecule has 0 spiro atoms. The maximum Gasteiger partial charge on any atom is 0.240 e. The highest BCUT2D eigenvalue weighted by Crippen LogP contribution is 2.31. The summed E-state index contributed by atoms with van der Waals surface area (Å²) in [6.07, 6.45) is 9.61. The molecule has 3 unspecified atom stereocenters. The average Bonchev–Trinajstić information content (AvgIpc) is 2.92. The molecule has 132 valence electrons. The maximum atomic E-state index is 12.8. The van der Waals surface area contributed by atoms with Crippen molar-refractivity contribution in [2.24, 2.45) is 11.8 Å². The second-order valence-electron chi connectivity index (χ2n) is 6.86. The van der Waals surface area contributed by atoms with Gasteiger partial charge < -0.3 is 10.4 Å². The van der Waals surface area contributed by atoms with E-state index in [2.05, 4.69) is 18.8 Å². The molecule has 2 aliphatic rings. The fourth-order valence-corrected chi connectivity index (χ4v) is 3.93. The first-order valence-electron chi connectivity index (χ1n) is 9.14. The smallest absolute Gasteiger partial charge is 0.240 e. The summed E-state index contributed by atoms with van der Waals surface area (Å²) in [7, 11) is 0. The monoisotopic (exact) mass is 324 g/mol. The summed E-state index contributed by atoms with van der Waals surface area (Å²) in [4.78, 5) is 18.6. The molecule has 0 bridgehead atoms. The van der Waals surface area contributed by atoms with Crippen molar-refractivity contribution in [1.29, 1.82) is 0 Å². The van der Waals surface area contributed by atoms with Crippen LogP contribution >= 0.6 is 0 Å². The number of rotatable bonds is 8. The summed E-state index contributed by atoms with van der Waals surface area (Å²) in [5, 5.41) is 14.4. The zero-order valence-corrected chi connectivity index (χ0v) is 14.4. The molecule has 1 saturated heterocycles. The fourth-order valence-electron chi connectivity index (χ4n) is 3.93. The van der Waals surface area contributed by atoms with E-state index in [4.69, 9.17) is 4.84 Å². The molecule has 2 N–H and O–H groups in total. The number of hydrogen-bond donors (Lipinski definition) is 2. The van der Waals surface area contributed by atoms with Gasteiger partial charge in [-0.25, -0.2) is 0 Å². The molecule has 1 saturated carbocycles. The molecule has 0 aromatic rings. The number of aliphatic hydroxyl groups excluding tert-OH is 1. The lowest BCUT2D eigenvalue weighted by atomic mass is 9.88. The van der Waals surface area contributed by atoms with E-state index in [0.29, 0.717) is 12.5 Å². The van der Waals surface area contributed by atoms with Crippen LogP contribution < -0.4 is 5.32 Å². The van der Waals surface area contributed by atoms with Crippen molar-refractivity contribution >= 4 is 5.91 Å². The second kappa shape index (κ2) is 9.40. The van der Waals surface area contributed by atoms with Crippen LogP contribution in [0, 0.1) is 11.8 Å². The molecule has 1 heterocycles. The van der Waals surface area contributed by atoms with Gasteiger partial charge in [-0.05, 0) is 25.2 Å². The first-order chi connectivity index (χ1) is 11.2. The summed E-state index contributed by atoms with van der Waals surface area (Å²) in [5.41, 5.74) is 0. The van der Waals surface area contributed by atoms with Crippen LogP contribution in [0.4, 0.5) is 0 Å². The Morgan fingerprint density at radius 3 is 2.74 bits per heavy atom. The third kappa shape index (κ3) is 4.78. The Morgan fingerprint density at radius 2 is 2.13 bits per heavy atom. The van der Waals surface area contributed by atoms with Crippen LogP contribution in [0.2, 0.25) is 0 Å². The number of hydroxylamine groups is 2. The number of carbonyl (C=O) groups excluding carboxylic acids is 1. The van der Waals surface area contributed by atoms with Crippen molar-refractivity contribution in [2.45, 2.75) is 64.0 Å². The first kappa shape index (κ1) is 18.4. The molecule has 2 rings (SSSR count). The van der Waals surface area contributed by atoms with E-state index in [1.165, 1.54) is 32.1 Å². The molecule has 3 atom stereocenters. The van der Waals surface area contributed by atoms with Gasteiger partial charge in [-0.1, -0.05) is 38.7 Å². The van der Waals surface area contributed by atoms with Gasteiger partial charge in [0.25, 0.3) is 0 Å². The minimum Gasteiger partial charge on any atom is -0.394 e. The highest BCUT2D eigenvalue weighted by molar-refractivity contribution is 5.82. The van der Waals surface area contributed by atoms with E-state index in [-0.39, 0.29) is 30.6 Å². The molecule has 23 heavy (non-hydrogen) atoms. The van der Waals surface area contributed by atoms with Gasteiger partial charge in [-0.3, -0.25) is 9.63 Å². The van der Waals surface area contributed by atoms with Gasteiger partial charge in [0.2, 0.25) is 5.91 Å². The number of aliphatic hydroxyl groups is 1. The Bertz CT molecular complexity index is 382. The number of nitrogens with zero attached hydrogens (tertiary/aromatic N) is 1. The Kier molecular flexibility index (Phi) is 7.53. The molecule has 0 radical (unpaired) electrons. The predicted octanol–water partition coefficient (Wildman–Crippen LogP) is 2.26. The molecule has 1 aliphatic carbocycles. The van der Waals surface area contributed by atoms with E-state index in [9.17, 15) is 9.90 Å². The lowest BCUT2D eigenvalue weighted by Gasteiger charge is -2.26. The Labute approximate surface area is 140 Å². The summed E-state index contributed by atoms with van der Waals surface area (Å²) in [6.45, 7) is 7.05. The van der Waals surface area contributed by atoms with E-state index in [1.807, 2.05) is 0 Å². The van der Waals surface area contributed by atoms with Gasteiger partial charge in [0.05, 0.1) is 6.61 Å². The van der Waals surface area contributed by atoms with Gasteiger partial charge in [0.15, 0.2) is 0 Å². The van der Waals surface area contributed by atoms with Crippen molar-refractivity contribution in [3.63, 3.8) is 0 Å². The van der Waals surface area contributed by atoms with Crippen molar-refractivity contribution in [2.75, 3.05) is 19.7 Å². The highest BCUT2D eigenvalue weighted by Gasteiger charge is 2.45. The standard InChI is InChI=1S/C18H32N2O3/c1-3-8-15-16(13-21)23-20(11-4-2)17(15)18(22)19-12-14-9-6-5-7-10-14/h4,14-17,21H,2-3,5-13H2,1H3,(H,19,22). The van der Waals surface area contributed by atoms with E-state index in [0.717, 1.165) is 19.4 Å². The Hall–Kier alpha value is -0.910. The van der Waals surface area contributed by atoms with Gasteiger partial charge in [0, 0.05) is 19.0 Å². The number of carbonyl (C=O) groups is 1. The normalized spacial score (nSPS) is 29.6. The van der Waals surface area contributed by atoms with E-state index >= 15 is 0 Å². The highest BCUT2D eigenvalue weighted by atomic mass is 16.7. The topological polar surface area (TPSA) is 61.8 Å². The lowest BCUT2D eigenvalue weighted by molar-refractivity contribution is -0.170. The van der Waals surface area contributed by atoms with Crippen molar-refractivity contribution in [3.8, 4) is 0 Å². The van der Waals surface area contributed by atoms with Gasteiger partial charge in [0.1, 0.15) is 12.1 Å². The van der Waals surface area contributed by atoms with Crippen LogP contribution in [0.5, 0.6) is 0 Å². The summed E-state index contributed by atoms with van der Waals surface area (Å²) >= 11 is 0. The number of nitrogens with one attached hydrogen (secondary N) is 1. The third-order valence-electron chi connectivity index (χ3n) is 5.13. The Morgan fingerprint density at radius 1 is 1.39 bits per heavy atom. The molecule has 2 fully saturated rings. The van der Waals surface area contributed by atoms with Crippen LogP contribution in [0.15, 0.2) is 12.7 Å². The number of amides is 1. The molecule has 1 amide bonds. The molecule has 5 heteroatoms. The minimum absolute atomic E-state index is 0.0341. The quantitative estimate of drug-likeness (QED) is 0.672. The van der Waals surface area contributed by atoms with Crippen molar-refractivity contribution < 1.29 is 14.7 Å². The van der Waals surface area contributed by atoms with Crippen LogP contribution in [-0.2, 0) is 9.63 Å². The largest absolute Gasteiger partial charge is 0.394 e. The summed E-state index contributed by atoms with van der Waals surface area (Å²) < 4.78 is 0. The van der Waals surface area contributed by atoms with Crippen LogP contribution in [0.3, 0.4) is 0 Å². The van der Waals surface area contributed by atoms with E-state index in [1.54, 1.807) is 11.1 Å². The molecular weight excluding hydrogens is 292 g/mol. The van der Waals surface area contributed by atoms with Crippen molar-refractivity contribution in [1.82, 2.24) is 10.4 Å². The number of hydrogen-bond acceptors (Lipinski definition) is 4. The van der Waals surface area contributed by atoms with Crippen molar-refractivity contribution in [3.05, 3.63) is 12.7 Å². The second-order valence-corrected chi connectivity index (χ2v) is 6.86. The zero-order valence-electron chi connectivity index (χ0n) is 14.4. The van der Waals surface area contributed by atoms with Gasteiger partial charge >= 0.3 is 0 Å². The molecular formula is C18H32N2O3. The van der Waals surface area contributed by atoms with Gasteiger partial charge in [-0.2, -0.15) is 5.06 Å². The molecule has 0 aromatic carbocycles. The van der Waals surface area contributed by atoms with Gasteiger partial charge in [-0.15, -0.1) is 6.58 Å². The van der Waals surface area contributed by atoms with E-state index < -0.39 is 0 Å². The Balaban J connectivity index is 1.98. The predicted molar refractivity (Wildman–Crippen MR) is 90.6 cm³/mol. The minimum atomic E-state index is -0.325. The zero-order chi connectivity index (χ0) is 16.7. The summed E-state index contributed by atoms with van der Waals surface area (Å²) in [5.74, 6) is 0.685.